The number of aromatic amines is 1. The molecular formula is C25H24N4O3S2. The van der Waals surface area contributed by atoms with Crippen molar-refractivity contribution in [2.45, 2.75) is 23.4 Å². The normalized spacial score (nSPS) is 15.1. The Morgan fingerprint density at radius 1 is 1.18 bits per heavy atom. The summed E-state index contributed by atoms with van der Waals surface area (Å²) in [6.45, 7) is 0.632. The highest BCUT2D eigenvalue weighted by Crippen LogP contribution is 2.42. The maximum Gasteiger partial charge on any atom is 0.254 e. The topological polar surface area (TPSA) is 80.3 Å². The molecule has 3 heterocycles. The van der Waals surface area contributed by atoms with E-state index < -0.39 is 0 Å². The molecule has 2 aromatic heterocycles. The molecule has 1 aliphatic rings. The van der Waals surface area contributed by atoms with E-state index in [0.717, 1.165) is 33.3 Å². The highest BCUT2D eigenvalue weighted by Gasteiger charge is 2.34. The number of H-pyrrole nitrogens is 1. The minimum Gasteiger partial charge on any atom is -0.493 e. The molecule has 0 spiro atoms. The van der Waals surface area contributed by atoms with Gasteiger partial charge in [0, 0.05) is 22.7 Å². The molecule has 0 saturated carbocycles. The zero-order valence-electron chi connectivity index (χ0n) is 18.9. The van der Waals surface area contributed by atoms with Crippen LogP contribution in [0.25, 0.3) is 0 Å². The number of nitrogens with zero attached hydrogens (tertiary/aromatic N) is 3. The number of carbonyl (C=O) groups is 1. The molecule has 7 nitrogen and oxygen atoms in total. The molecule has 9 heteroatoms. The molecule has 0 radical (unpaired) electrons. The predicted molar refractivity (Wildman–Crippen MR) is 133 cm³/mol. The van der Waals surface area contributed by atoms with Crippen LogP contribution in [0.1, 0.15) is 38.0 Å². The van der Waals surface area contributed by atoms with Crippen molar-refractivity contribution in [3.05, 3.63) is 87.4 Å². The van der Waals surface area contributed by atoms with Gasteiger partial charge in [0.05, 0.1) is 20.3 Å². The molecular weight excluding hydrogens is 468 g/mol. The number of thioether (sulfide) groups is 1. The highest BCUT2D eigenvalue weighted by atomic mass is 32.2. The molecule has 2 aromatic carbocycles. The molecule has 1 atom stereocenters. The molecule has 4 aromatic rings. The molecule has 0 fully saturated rings. The van der Waals surface area contributed by atoms with Crippen molar-refractivity contribution in [2.75, 3.05) is 20.8 Å². The van der Waals surface area contributed by atoms with Crippen molar-refractivity contribution in [1.29, 1.82) is 0 Å². The Labute approximate surface area is 206 Å². The number of aromatic nitrogens is 3. The monoisotopic (exact) mass is 492 g/mol. The number of rotatable bonds is 7. The molecule has 0 saturated heterocycles. The van der Waals surface area contributed by atoms with Crippen LogP contribution < -0.4 is 9.47 Å². The SMILES string of the molecule is COc1cc2c(cc1OC)C(c1cccs1)N(C(=O)c1ccc(CSc3ncn[nH]3)cc1)CC2. The maximum atomic E-state index is 13.7. The van der Waals surface area contributed by atoms with E-state index in [9.17, 15) is 4.79 Å². The fourth-order valence-corrected chi connectivity index (χ4v) is 5.83. The zero-order chi connectivity index (χ0) is 23.5. The highest BCUT2D eigenvalue weighted by molar-refractivity contribution is 7.98. The molecule has 1 amide bonds. The van der Waals surface area contributed by atoms with Crippen molar-refractivity contribution in [1.82, 2.24) is 20.1 Å². The molecule has 1 aliphatic heterocycles. The van der Waals surface area contributed by atoms with Crippen LogP contribution in [0.15, 0.2) is 65.4 Å². The van der Waals surface area contributed by atoms with Gasteiger partial charge in [0.25, 0.3) is 5.91 Å². The largest absolute Gasteiger partial charge is 0.493 e. The van der Waals surface area contributed by atoms with Crippen molar-refractivity contribution >= 4 is 29.0 Å². The summed E-state index contributed by atoms with van der Waals surface area (Å²) in [7, 11) is 3.28. The number of methoxy groups -OCH3 is 2. The summed E-state index contributed by atoms with van der Waals surface area (Å²) in [5.74, 6) is 2.16. The van der Waals surface area contributed by atoms with Gasteiger partial charge in [-0.2, -0.15) is 5.10 Å². The number of amides is 1. The third-order valence-electron chi connectivity index (χ3n) is 5.92. The van der Waals surface area contributed by atoms with Crippen molar-refractivity contribution in [3.63, 3.8) is 0 Å². The molecule has 1 unspecified atom stereocenters. The number of nitrogens with one attached hydrogen (secondary N) is 1. The first-order chi connectivity index (χ1) is 16.7. The van der Waals surface area contributed by atoms with Gasteiger partial charge in [0.1, 0.15) is 6.33 Å². The summed E-state index contributed by atoms with van der Waals surface area (Å²) >= 11 is 3.23. The summed E-state index contributed by atoms with van der Waals surface area (Å²) in [6.07, 6.45) is 2.26. The lowest BCUT2D eigenvalue weighted by atomic mass is 9.90. The lowest BCUT2D eigenvalue weighted by molar-refractivity contribution is 0.0697. The Bertz CT molecular complexity index is 1260. The lowest BCUT2D eigenvalue weighted by Gasteiger charge is -2.37. The first-order valence-electron chi connectivity index (χ1n) is 10.8. The van der Waals surface area contributed by atoms with Gasteiger partial charge in [0.2, 0.25) is 0 Å². The minimum atomic E-state index is -0.169. The zero-order valence-corrected chi connectivity index (χ0v) is 20.5. The number of fused-ring (bicyclic) bond motifs is 1. The average molecular weight is 493 g/mol. The van der Waals surface area contributed by atoms with Crippen molar-refractivity contribution in [2.24, 2.45) is 0 Å². The van der Waals surface area contributed by atoms with E-state index in [2.05, 4.69) is 21.2 Å². The van der Waals surface area contributed by atoms with E-state index in [1.807, 2.05) is 52.7 Å². The first-order valence-corrected chi connectivity index (χ1v) is 12.7. The van der Waals surface area contributed by atoms with Crippen LogP contribution in [0, 0.1) is 0 Å². The second-order valence-electron chi connectivity index (χ2n) is 7.85. The fourth-order valence-electron chi connectivity index (χ4n) is 4.24. The van der Waals surface area contributed by atoms with Gasteiger partial charge in [0.15, 0.2) is 16.7 Å². The average Bonchev–Trinajstić information content (AvgIpc) is 3.60. The lowest BCUT2D eigenvalue weighted by Crippen LogP contribution is -2.40. The van der Waals surface area contributed by atoms with Gasteiger partial charge >= 0.3 is 0 Å². The molecule has 174 valence electrons. The van der Waals surface area contributed by atoms with Crippen LogP contribution in [0.2, 0.25) is 0 Å². The minimum absolute atomic E-state index is 0.0215. The number of carbonyl (C=O) groups excluding carboxylic acids is 1. The van der Waals surface area contributed by atoms with Crippen molar-refractivity contribution < 1.29 is 14.3 Å². The van der Waals surface area contributed by atoms with E-state index in [4.69, 9.17) is 9.47 Å². The molecule has 34 heavy (non-hydrogen) atoms. The third kappa shape index (κ3) is 4.41. The summed E-state index contributed by atoms with van der Waals surface area (Å²) < 4.78 is 11.1. The number of hydrogen-bond acceptors (Lipinski definition) is 7. The van der Waals surface area contributed by atoms with Crippen LogP contribution in [-0.2, 0) is 12.2 Å². The Balaban J connectivity index is 1.43. The summed E-state index contributed by atoms with van der Waals surface area (Å²) in [6, 6.07) is 15.8. The number of benzene rings is 2. The van der Waals surface area contributed by atoms with Gasteiger partial charge in [-0.3, -0.25) is 9.89 Å². The summed E-state index contributed by atoms with van der Waals surface area (Å²) in [5, 5.41) is 9.54. The van der Waals surface area contributed by atoms with Crippen molar-refractivity contribution in [3.8, 4) is 11.5 Å². The van der Waals surface area contributed by atoms with E-state index in [1.54, 1.807) is 37.3 Å². The van der Waals surface area contributed by atoms with Crippen LogP contribution in [0.4, 0.5) is 0 Å². The van der Waals surface area contributed by atoms with Crippen LogP contribution >= 0.6 is 23.1 Å². The third-order valence-corrected chi connectivity index (χ3v) is 7.79. The molecule has 0 aliphatic carbocycles. The van der Waals surface area contributed by atoms with Gasteiger partial charge in [-0.25, -0.2) is 4.98 Å². The van der Waals surface area contributed by atoms with Gasteiger partial charge in [-0.15, -0.1) is 11.3 Å². The Morgan fingerprint density at radius 3 is 2.65 bits per heavy atom. The van der Waals surface area contributed by atoms with E-state index in [0.29, 0.717) is 23.6 Å². The van der Waals surface area contributed by atoms with Crippen LogP contribution in [0.5, 0.6) is 11.5 Å². The second kappa shape index (κ2) is 9.90. The van der Waals surface area contributed by atoms with E-state index in [1.165, 1.54) is 11.9 Å². The Morgan fingerprint density at radius 2 is 1.97 bits per heavy atom. The smallest absolute Gasteiger partial charge is 0.254 e. The maximum absolute atomic E-state index is 13.7. The molecule has 0 bridgehead atoms. The quantitative estimate of drug-likeness (QED) is 0.367. The van der Waals surface area contributed by atoms with Gasteiger partial charge in [-0.1, -0.05) is 30.0 Å². The van der Waals surface area contributed by atoms with Gasteiger partial charge in [-0.05, 0) is 58.8 Å². The Kier molecular flexibility index (Phi) is 6.55. The van der Waals surface area contributed by atoms with Crippen LogP contribution in [-0.4, -0.2) is 46.8 Å². The Hall–Kier alpha value is -3.30. The first kappa shape index (κ1) is 22.5. The number of ether oxygens (including phenoxy) is 2. The van der Waals surface area contributed by atoms with E-state index >= 15 is 0 Å². The molecule has 1 N–H and O–H groups in total. The number of hydrogen-bond donors (Lipinski definition) is 1. The van der Waals surface area contributed by atoms with E-state index in [-0.39, 0.29) is 11.9 Å². The fraction of sp³-hybridized carbons (Fsp3) is 0.240. The molecule has 5 rings (SSSR count). The number of thiophene rings is 1. The second-order valence-corrected chi connectivity index (χ2v) is 9.79. The summed E-state index contributed by atoms with van der Waals surface area (Å²) in [5.41, 5.74) is 4.06. The predicted octanol–water partition coefficient (Wildman–Crippen LogP) is 4.96. The summed E-state index contributed by atoms with van der Waals surface area (Å²) in [4.78, 5) is 20.9. The van der Waals surface area contributed by atoms with Gasteiger partial charge < -0.3 is 14.4 Å². The standard InChI is InChI=1S/C25H24N4O3S2/c1-31-20-12-18-9-10-29(23(22-4-3-11-33-22)19(18)13-21(20)32-2)24(30)17-7-5-16(6-8-17)14-34-25-26-15-27-28-25/h3-8,11-13,15,23H,9-10,14H2,1-2H3,(H,26,27,28). The van der Waals surface area contributed by atoms with Crippen LogP contribution in [0.3, 0.4) is 0 Å².